The Hall–Kier alpha value is -1.50. The van der Waals surface area contributed by atoms with E-state index in [1.165, 1.54) is 18.3 Å². The van der Waals surface area contributed by atoms with Crippen LogP contribution in [0.2, 0.25) is 5.02 Å². The topological polar surface area (TPSA) is 47.1 Å². The molecular weight excluding hydrogens is 298 g/mol. The van der Waals surface area contributed by atoms with Crippen LogP contribution < -0.4 is 5.73 Å². The average molecular weight is 315 g/mol. The molecule has 114 valence electrons. The van der Waals surface area contributed by atoms with Crippen LogP contribution in [-0.4, -0.2) is 35.3 Å². The van der Waals surface area contributed by atoms with E-state index in [1.807, 2.05) is 19.0 Å². The van der Waals surface area contributed by atoms with Crippen molar-refractivity contribution in [3.63, 3.8) is 0 Å². The van der Waals surface area contributed by atoms with Crippen molar-refractivity contribution in [1.82, 2.24) is 14.7 Å². The summed E-state index contributed by atoms with van der Waals surface area (Å²) in [7, 11) is 3.87. The fourth-order valence-corrected chi connectivity index (χ4v) is 2.31. The molecule has 1 heterocycles. The lowest BCUT2D eigenvalue weighted by molar-refractivity contribution is 0.367. The summed E-state index contributed by atoms with van der Waals surface area (Å²) in [6, 6.07) is 2.51. The maximum atomic E-state index is 13.9. The zero-order valence-electron chi connectivity index (χ0n) is 11.9. The molecule has 0 bridgehead atoms. The van der Waals surface area contributed by atoms with Crippen molar-refractivity contribution in [3.8, 4) is 0 Å². The first kappa shape index (κ1) is 15.9. The van der Waals surface area contributed by atoms with E-state index >= 15 is 0 Å². The Balaban J connectivity index is 2.34. The van der Waals surface area contributed by atoms with Gasteiger partial charge < -0.3 is 10.6 Å². The van der Waals surface area contributed by atoms with Gasteiger partial charge in [-0.15, -0.1) is 0 Å². The summed E-state index contributed by atoms with van der Waals surface area (Å²) < 4.78 is 28.5. The highest BCUT2D eigenvalue weighted by atomic mass is 35.5. The number of hydrogen-bond acceptors (Lipinski definition) is 3. The number of likely N-dealkylation sites (N-methyl/N-ethyl adjacent to an activating group) is 1. The van der Waals surface area contributed by atoms with Crippen molar-refractivity contribution in [3.05, 3.63) is 52.3 Å². The molecule has 0 fully saturated rings. The number of benzene rings is 1. The van der Waals surface area contributed by atoms with Crippen molar-refractivity contribution in [2.75, 3.05) is 20.6 Å². The third-order valence-electron chi connectivity index (χ3n) is 3.18. The van der Waals surface area contributed by atoms with Crippen molar-refractivity contribution < 1.29 is 8.78 Å². The van der Waals surface area contributed by atoms with Crippen molar-refractivity contribution in [1.29, 1.82) is 0 Å². The minimum Gasteiger partial charge on any atom is -0.319 e. The third kappa shape index (κ3) is 3.58. The molecule has 2 rings (SSSR count). The van der Waals surface area contributed by atoms with E-state index in [0.29, 0.717) is 17.3 Å². The summed E-state index contributed by atoms with van der Waals surface area (Å²) in [4.78, 5) is 1.99. The SMILES string of the molecule is CN(C)CCn1ncc(Cl)c1C(N)c1ccc(F)cc1F. The van der Waals surface area contributed by atoms with E-state index in [1.54, 1.807) is 4.68 Å². The van der Waals surface area contributed by atoms with Crippen LogP contribution in [0.1, 0.15) is 17.3 Å². The molecule has 0 aliphatic carbocycles. The molecule has 4 nitrogen and oxygen atoms in total. The summed E-state index contributed by atoms with van der Waals surface area (Å²) in [5.41, 5.74) is 6.80. The molecule has 7 heteroatoms. The second kappa shape index (κ2) is 6.51. The van der Waals surface area contributed by atoms with Gasteiger partial charge in [-0.05, 0) is 20.2 Å². The largest absolute Gasteiger partial charge is 0.319 e. The highest BCUT2D eigenvalue weighted by Gasteiger charge is 2.21. The fraction of sp³-hybridized carbons (Fsp3) is 0.357. The standard InChI is InChI=1S/C14H17ClF2N4/c1-20(2)5-6-21-14(11(15)8-19-21)13(18)10-4-3-9(16)7-12(10)17/h3-4,7-8,13H,5-6,18H2,1-2H3. The summed E-state index contributed by atoms with van der Waals surface area (Å²) in [6.45, 7) is 1.31. The normalized spacial score (nSPS) is 12.9. The first-order valence-corrected chi connectivity index (χ1v) is 6.84. The maximum absolute atomic E-state index is 13.9. The van der Waals surface area contributed by atoms with Gasteiger partial charge in [0.1, 0.15) is 11.6 Å². The number of aromatic nitrogens is 2. The Labute approximate surface area is 127 Å². The van der Waals surface area contributed by atoms with E-state index < -0.39 is 17.7 Å². The predicted molar refractivity (Wildman–Crippen MR) is 78.2 cm³/mol. The van der Waals surface area contributed by atoms with Crippen LogP contribution in [0.15, 0.2) is 24.4 Å². The lowest BCUT2D eigenvalue weighted by Gasteiger charge is -2.17. The van der Waals surface area contributed by atoms with Crippen LogP contribution in [-0.2, 0) is 6.54 Å². The second-order valence-corrected chi connectivity index (χ2v) is 5.45. The quantitative estimate of drug-likeness (QED) is 0.922. The molecule has 0 radical (unpaired) electrons. The van der Waals surface area contributed by atoms with Gasteiger partial charge in [0.05, 0.1) is 29.5 Å². The number of halogens is 3. The molecule has 1 aromatic carbocycles. The molecule has 0 saturated carbocycles. The number of nitrogens with zero attached hydrogens (tertiary/aromatic N) is 3. The Morgan fingerprint density at radius 1 is 1.38 bits per heavy atom. The Bertz CT molecular complexity index is 627. The molecule has 0 spiro atoms. The van der Waals surface area contributed by atoms with E-state index in [2.05, 4.69) is 5.10 Å². The monoisotopic (exact) mass is 314 g/mol. The van der Waals surface area contributed by atoms with Crippen molar-refractivity contribution in [2.24, 2.45) is 5.73 Å². The molecule has 0 aliphatic heterocycles. The van der Waals surface area contributed by atoms with Crippen LogP contribution in [0.25, 0.3) is 0 Å². The van der Waals surface area contributed by atoms with Gasteiger partial charge in [-0.2, -0.15) is 5.10 Å². The van der Waals surface area contributed by atoms with Gasteiger partial charge in [0.15, 0.2) is 0 Å². The summed E-state index contributed by atoms with van der Waals surface area (Å²) in [5.74, 6) is -1.34. The first-order chi connectivity index (χ1) is 9.90. The van der Waals surface area contributed by atoms with Crippen LogP contribution in [0.5, 0.6) is 0 Å². The van der Waals surface area contributed by atoms with Gasteiger partial charge >= 0.3 is 0 Å². The Kier molecular flexibility index (Phi) is 4.92. The minimum atomic E-state index is -0.803. The first-order valence-electron chi connectivity index (χ1n) is 6.46. The lowest BCUT2D eigenvalue weighted by Crippen LogP contribution is -2.24. The molecule has 1 aromatic heterocycles. The van der Waals surface area contributed by atoms with Gasteiger partial charge in [0.25, 0.3) is 0 Å². The van der Waals surface area contributed by atoms with Gasteiger partial charge in [0, 0.05) is 18.2 Å². The van der Waals surface area contributed by atoms with Gasteiger partial charge in [-0.3, -0.25) is 4.68 Å². The molecule has 21 heavy (non-hydrogen) atoms. The molecule has 2 aromatic rings. The van der Waals surface area contributed by atoms with E-state index in [4.69, 9.17) is 17.3 Å². The highest BCUT2D eigenvalue weighted by molar-refractivity contribution is 6.31. The van der Waals surface area contributed by atoms with Crippen LogP contribution in [0.3, 0.4) is 0 Å². The van der Waals surface area contributed by atoms with Crippen molar-refractivity contribution in [2.45, 2.75) is 12.6 Å². The zero-order chi connectivity index (χ0) is 15.6. The second-order valence-electron chi connectivity index (χ2n) is 5.05. The van der Waals surface area contributed by atoms with Gasteiger partial charge in [-0.25, -0.2) is 8.78 Å². The van der Waals surface area contributed by atoms with E-state index in [9.17, 15) is 8.78 Å². The fourth-order valence-electron chi connectivity index (χ4n) is 2.06. The summed E-state index contributed by atoms with van der Waals surface area (Å²) >= 11 is 6.12. The third-order valence-corrected chi connectivity index (χ3v) is 3.48. The average Bonchev–Trinajstić information content (AvgIpc) is 2.77. The molecule has 0 saturated heterocycles. The zero-order valence-corrected chi connectivity index (χ0v) is 12.6. The predicted octanol–water partition coefficient (Wildman–Crippen LogP) is 2.42. The smallest absolute Gasteiger partial charge is 0.131 e. The molecule has 2 N–H and O–H groups in total. The van der Waals surface area contributed by atoms with E-state index in [0.717, 1.165) is 12.6 Å². The Morgan fingerprint density at radius 3 is 2.71 bits per heavy atom. The maximum Gasteiger partial charge on any atom is 0.131 e. The molecule has 1 atom stereocenters. The van der Waals surface area contributed by atoms with Gasteiger partial charge in [-0.1, -0.05) is 17.7 Å². The minimum absolute atomic E-state index is 0.185. The van der Waals surface area contributed by atoms with Crippen LogP contribution in [0, 0.1) is 11.6 Å². The number of rotatable bonds is 5. The van der Waals surface area contributed by atoms with Crippen molar-refractivity contribution >= 4 is 11.6 Å². The molecular formula is C14H17ClF2N4. The lowest BCUT2D eigenvalue weighted by atomic mass is 10.0. The van der Waals surface area contributed by atoms with Crippen LogP contribution in [0.4, 0.5) is 8.78 Å². The van der Waals surface area contributed by atoms with Gasteiger partial charge in [0.2, 0.25) is 0 Å². The number of nitrogens with two attached hydrogens (primary N) is 1. The van der Waals surface area contributed by atoms with E-state index in [-0.39, 0.29) is 5.56 Å². The van der Waals surface area contributed by atoms with Crippen LogP contribution >= 0.6 is 11.6 Å². The molecule has 1 unspecified atom stereocenters. The Morgan fingerprint density at radius 2 is 2.10 bits per heavy atom. The molecule has 0 aliphatic rings. The highest BCUT2D eigenvalue weighted by Crippen LogP contribution is 2.28. The number of hydrogen-bond donors (Lipinski definition) is 1. The summed E-state index contributed by atoms with van der Waals surface area (Å²) in [6.07, 6.45) is 1.48. The summed E-state index contributed by atoms with van der Waals surface area (Å²) in [5, 5.41) is 4.53. The molecule has 0 amide bonds.